The van der Waals surface area contributed by atoms with Gasteiger partial charge in [0.25, 0.3) is 17.5 Å². The van der Waals surface area contributed by atoms with Crippen LogP contribution in [0.3, 0.4) is 0 Å². The molecule has 5 rings (SSSR count). The summed E-state index contributed by atoms with van der Waals surface area (Å²) in [4.78, 5) is 40.9. The van der Waals surface area contributed by atoms with Crippen molar-refractivity contribution in [3.63, 3.8) is 0 Å². The van der Waals surface area contributed by atoms with Crippen LogP contribution in [0.5, 0.6) is 5.75 Å². The number of nitrogens with zero attached hydrogens (tertiary/aromatic N) is 1. The summed E-state index contributed by atoms with van der Waals surface area (Å²) in [6, 6.07) is 27.5. The molecule has 3 aromatic rings. The smallest absolute Gasteiger partial charge is 0.356 e. The van der Waals surface area contributed by atoms with E-state index in [1.165, 1.54) is 12.0 Å². The minimum absolute atomic E-state index is 0.0434. The molecule has 1 saturated heterocycles. The number of nitrogens with one attached hydrogen (secondary N) is 1. The highest BCUT2D eigenvalue weighted by molar-refractivity contribution is 6.03. The van der Waals surface area contributed by atoms with Crippen LogP contribution in [-0.4, -0.2) is 55.0 Å². The summed E-state index contributed by atoms with van der Waals surface area (Å²) in [5, 5.41) is 2.59. The van der Waals surface area contributed by atoms with Gasteiger partial charge in [-0.25, -0.2) is 4.79 Å². The SMILES string of the molecule is CO[C@@]1(NC(=O)COc2ccccc2)C(=O)N2C(C(=O)OC(c3ccccc3)c3ccccc3)=C(C)COC21. The van der Waals surface area contributed by atoms with Crippen molar-refractivity contribution >= 4 is 17.8 Å². The molecule has 2 heterocycles. The van der Waals surface area contributed by atoms with Crippen molar-refractivity contribution in [1.29, 1.82) is 0 Å². The molecule has 1 N–H and O–H groups in total. The van der Waals surface area contributed by atoms with E-state index in [0.717, 1.165) is 11.1 Å². The zero-order chi connectivity index (χ0) is 27.4. The van der Waals surface area contributed by atoms with Gasteiger partial charge in [0.15, 0.2) is 18.9 Å². The first-order valence-electron chi connectivity index (χ1n) is 12.4. The minimum Gasteiger partial charge on any atom is -0.484 e. The Kier molecular flexibility index (Phi) is 7.44. The van der Waals surface area contributed by atoms with Crippen LogP contribution < -0.4 is 10.1 Å². The van der Waals surface area contributed by atoms with Crippen LogP contribution in [0.15, 0.2) is 102 Å². The van der Waals surface area contributed by atoms with E-state index in [1.54, 1.807) is 31.2 Å². The molecule has 200 valence electrons. The van der Waals surface area contributed by atoms with Crippen molar-refractivity contribution < 1.29 is 33.3 Å². The highest BCUT2D eigenvalue weighted by atomic mass is 16.6. The van der Waals surface area contributed by atoms with Crippen LogP contribution in [0.25, 0.3) is 0 Å². The van der Waals surface area contributed by atoms with Crippen LogP contribution in [0, 0.1) is 0 Å². The number of ether oxygens (including phenoxy) is 4. The summed E-state index contributed by atoms with van der Waals surface area (Å²) in [5.41, 5.74) is 0.349. The van der Waals surface area contributed by atoms with Crippen LogP contribution in [0.2, 0.25) is 0 Å². The summed E-state index contributed by atoms with van der Waals surface area (Å²) in [5.74, 6) is -1.41. The summed E-state index contributed by atoms with van der Waals surface area (Å²) >= 11 is 0. The molecule has 0 saturated carbocycles. The van der Waals surface area contributed by atoms with Gasteiger partial charge in [0.2, 0.25) is 0 Å². The first-order valence-corrected chi connectivity index (χ1v) is 12.4. The van der Waals surface area contributed by atoms with Gasteiger partial charge in [-0.15, -0.1) is 0 Å². The number of hydrogen-bond donors (Lipinski definition) is 1. The normalized spacial score (nSPS) is 20.2. The van der Waals surface area contributed by atoms with Crippen LogP contribution in [0.4, 0.5) is 0 Å². The number of esters is 1. The van der Waals surface area contributed by atoms with E-state index < -0.39 is 35.8 Å². The van der Waals surface area contributed by atoms with E-state index in [0.29, 0.717) is 11.3 Å². The van der Waals surface area contributed by atoms with E-state index in [9.17, 15) is 14.4 Å². The van der Waals surface area contributed by atoms with Crippen molar-refractivity contribution in [3.8, 4) is 5.75 Å². The zero-order valence-electron chi connectivity index (χ0n) is 21.5. The van der Waals surface area contributed by atoms with Crippen LogP contribution in [0.1, 0.15) is 24.2 Å². The van der Waals surface area contributed by atoms with Gasteiger partial charge < -0.3 is 24.3 Å². The molecule has 39 heavy (non-hydrogen) atoms. The van der Waals surface area contributed by atoms with Crippen LogP contribution >= 0.6 is 0 Å². The number of β-lactam (4-membered cyclic amide) rings is 1. The lowest BCUT2D eigenvalue weighted by Gasteiger charge is -2.55. The van der Waals surface area contributed by atoms with Gasteiger partial charge in [-0.05, 0) is 35.8 Å². The Morgan fingerprint density at radius 1 is 0.974 bits per heavy atom. The van der Waals surface area contributed by atoms with Crippen LogP contribution in [-0.2, 0) is 28.6 Å². The molecule has 0 aliphatic carbocycles. The Morgan fingerprint density at radius 2 is 1.54 bits per heavy atom. The molecule has 1 unspecified atom stereocenters. The maximum Gasteiger partial charge on any atom is 0.356 e. The summed E-state index contributed by atoms with van der Waals surface area (Å²) in [7, 11) is 1.29. The number of fused-ring (bicyclic) bond motifs is 1. The molecule has 9 nitrogen and oxygen atoms in total. The molecule has 0 aromatic heterocycles. The highest BCUT2D eigenvalue weighted by Crippen LogP contribution is 2.41. The largest absolute Gasteiger partial charge is 0.484 e. The molecule has 3 aromatic carbocycles. The first kappa shape index (κ1) is 26.1. The third kappa shape index (κ3) is 5.01. The number of para-hydroxylation sites is 1. The Morgan fingerprint density at radius 3 is 2.10 bits per heavy atom. The summed E-state index contributed by atoms with van der Waals surface area (Å²) in [6.45, 7) is 1.40. The third-order valence-corrected chi connectivity index (χ3v) is 6.60. The topological polar surface area (TPSA) is 103 Å². The molecule has 0 radical (unpaired) electrons. The summed E-state index contributed by atoms with van der Waals surface area (Å²) in [6.07, 6.45) is -1.76. The third-order valence-electron chi connectivity index (χ3n) is 6.60. The average Bonchev–Trinajstić information content (AvgIpc) is 2.98. The fourth-order valence-electron chi connectivity index (χ4n) is 4.68. The van der Waals surface area contributed by atoms with E-state index in [2.05, 4.69) is 5.32 Å². The van der Waals surface area contributed by atoms with Crippen molar-refractivity contribution in [2.75, 3.05) is 20.3 Å². The molecule has 1 fully saturated rings. The Labute approximate surface area is 225 Å². The molecule has 2 amide bonds. The van der Waals surface area contributed by atoms with Gasteiger partial charge in [-0.2, -0.15) is 0 Å². The van der Waals surface area contributed by atoms with Gasteiger partial charge in [0, 0.05) is 7.11 Å². The highest BCUT2D eigenvalue weighted by Gasteiger charge is 2.67. The monoisotopic (exact) mass is 528 g/mol. The first-order chi connectivity index (χ1) is 18.9. The number of carbonyl (C=O) groups is 3. The molecular formula is C30H28N2O7. The lowest BCUT2D eigenvalue weighted by molar-refractivity contribution is -0.258. The molecule has 2 aliphatic heterocycles. The fourth-order valence-corrected chi connectivity index (χ4v) is 4.68. The van der Waals surface area contributed by atoms with Crippen molar-refractivity contribution in [1.82, 2.24) is 10.2 Å². The lowest BCUT2D eigenvalue weighted by atomic mass is 9.94. The van der Waals surface area contributed by atoms with E-state index in [4.69, 9.17) is 18.9 Å². The number of amides is 2. The number of rotatable bonds is 9. The number of hydrogen-bond acceptors (Lipinski definition) is 7. The fraction of sp³-hybridized carbons (Fsp3) is 0.233. The summed E-state index contributed by atoms with van der Waals surface area (Å²) < 4.78 is 22.8. The minimum atomic E-state index is -1.80. The second-order valence-corrected chi connectivity index (χ2v) is 9.16. The van der Waals surface area contributed by atoms with Gasteiger partial charge >= 0.3 is 5.97 Å². The van der Waals surface area contributed by atoms with Gasteiger partial charge in [-0.1, -0.05) is 78.9 Å². The molecule has 2 aliphatic rings. The standard InChI is InChI=1S/C30H28N2O7/c1-20-18-38-29-30(36-2,31-24(33)19-37-23-16-10-5-11-17-23)28(35)32(29)25(20)27(34)39-26(21-12-6-3-7-13-21)22-14-8-4-9-15-22/h3-17,26,29H,18-19H2,1-2H3,(H,31,33)/t29?,30-/m0/s1. The maximum atomic E-state index is 13.6. The molecule has 9 heteroatoms. The van der Waals surface area contributed by atoms with Crippen molar-refractivity contribution in [2.24, 2.45) is 0 Å². The van der Waals surface area contributed by atoms with E-state index >= 15 is 0 Å². The van der Waals surface area contributed by atoms with E-state index in [1.807, 2.05) is 66.7 Å². The lowest BCUT2D eigenvalue weighted by Crippen LogP contribution is -2.82. The quantitative estimate of drug-likeness (QED) is 0.258. The van der Waals surface area contributed by atoms with Crippen molar-refractivity contribution in [2.45, 2.75) is 25.0 Å². The molecule has 0 bridgehead atoms. The Bertz CT molecular complexity index is 1340. The van der Waals surface area contributed by atoms with Gasteiger partial charge in [0.1, 0.15) is 11.4 Å². The van der Waals surface area contributed by atoms with E-state index in [-0.39, 0.29) is 18.9 Å². The zero-order valence-corrected chi connectivity index (χ0v) is 21.5. The molecule has 2 atom stereocenters. The van der Waals surface area contributed by atoms with Gasteiger partial charge in [0.05, 0.1) is 6.61 Å². The number of benzene rings is 3. The maximum absolute atomic E-state index is 13.6. The molecule has 0 spiro atoms. The average molecular weight is 529 g/mol. The molecular weight excluding hydrogens is 500 g/mol. The van der Waals surface area contributed by atoms with Crippen molar-refractivity contribution in [3.05, 3.63) is 113 Å². The Hall–Kier alpha value is -4.47. The predicted molar refractivity (Wildman–Crippen MR) is 140 cm³/mol. The second kappa shape index (κ2) is 11.1. The number of methoxy groups -OCH3 is 1. The number of carbonyl (C=O) groups excluding carboxylic acids is 3. The van der Waals surface area contributed by atoms with Gasteiger partial charge in [-0.3, -0.25) is 14.5 Å². The predicted octanol–water partition coefficient (Wildman–Crippen LogP) is 3.33. The Balaban J connectivity index is 1.34. The second-order valence-electron chi connectivity index (χ2n) is 9.16.